The van der Waals surface area contributed by atoms with Crippen molar-refractivity contribution < 1.29 is 0 Å². The standard InChI is InChI=1S/C21H25N5.HI/c1-16-6-8-20(9-7-16)26-11-10-19(15-26)25-21(23-2)24-14-18-5-3-4-17(12-18)13-22;/h3-9,12,19H,10-11,14-15H2,1-2H3,(H2,23,24,25);1H. The number of nitrogens with zero attached hydrogens (tertiary/aromatic N) is 3. The van der Waals surface area contributed by atoms with Crippen molar-refractivity contribution in [2.24, 2.45) is 4.99 Å². The molecule has 1 saturated heterocycles. The van der Waals surface area contributed by atoms with Gasteiger partial charge in [-0.15, -0.1) is 24.0 Å². The van der Waals surface area contributed by atoms with Gasteiger partial charge in [-0.2, -0.15) is 5.26 Å². The summed E-state index contributed by atoms with van der Waals surface area (Å²) in [5, 5.41) is 15.8. The average molecular weight is 475 g/mol. The zero-order valence-corrected chi connectivity index (χ0v) is 18.1. The lowest BCUT2D eigenvalue weighted by Crippen LogP contribution is -2.44. The van der Waals surface area contributed by atoms with Crippen LogP contribution in [0.1, 0.15) is 23.1 Å². The first-order chi connectivity index (χ1) is 12.7. The largest absolute Gasteiger partial charge is 0.369 e. The number of aryl methyl sites for hydroxylation is 1. The monoisotopic (exact) mass is 475 g/mol. The molecule has 0 spiro atoms. The van der Waals surface area contributed by atoms with Crippen LogP contribution in [0.25, 0.3) is 0 Å². The van der Waals surface area contributed by atoms with E-state index in [1.807, 2.05) is 24.3 Å². The Morgan fingerprint density at radius 2 is 2.04 bits per heavy atom. The molecule has 1 heterocycles. The van der Waals surface area contributed by atoms with E-state index in [4.69, 9.17) is 5.26 Å². The van der Waals surface area contributed by atoms with E-state index in [0.717, 1.165) is 31.0 Å². The van der Waals surface area contributed by atoms with Crippen molar-refractivity contribution in [3.8, 4) is 6.07 Å². The molecule has 142 valence electrons. The minimum absolute atomic E-state index is 0. The van der Waals surface area contributed by atoms with Crippen molar-refractivity contribution in [3.63, 3.8) is 0 Å². The number of nitriles is 1. The van der Waals surface area contributed by atoms with Gasteiger partial charge in [0.2, 0.25) is 0 Å². The smallest absolute Gasteiger partial charge is 0.191 e. The lowest BCUT2D eigenvalue weighted by atomic mass is 10.1. The summed E-state index contributed by atoms with van der Waals surface area (Å²) in [4.78, 5) is 6.73. The Bertz CT molecular complexity index is 810. The second-order valence-electron chi connectivity index (χ2n) is 6.65. The van der Waals surface area contributed by atoms with Gasteiger partial charge in [0.05, 0.1) is 11.6 Å². The van der Waals surface area contributed by atoms with E-state index >= 15 is 0 Å². The zero-order valence-electron chi connectivity index (χ0n) is 15.8. The highest BCUT2D eigenvalue weighted by atomic mass is 127. The Hall–Kier alpha value is -2.27. The molecule has 1 atom stereocenters. The van der Waals surface area contributed by atoms with Gasteiger partial charge in [0.1, 0.15) is 0 Å². The number of hydrogen-bond donors (Lipinski definition) is 2. The fourth-order valence-electron chi connectivity index (χ4n) is 3.19. The fourth-order valence-corrected chi connectivity index (χ4v) is 3.19. The van der Waals surface area contributed by atoms with Crippen LogP contribution in [0, 0.1) is 18.3 Å². The number of guanidine groups is 1. The summed E-state index contributed by atoms with van der Waals surface area (Å²) in [5.74, 6) is 0.795. The molecule has 3 rings (SSSR count). The third kappa shape index (κ3) is 5.86. The van der Waals surface area contributed by atoms with E-state index in [2.05, 4.69) is 57.8 Å². The second kappa shape index (κ2) is 10.2. The maximum Gasteiger partial charge on any atom is 0.191 e. The number of hydrogen-bond acceptors (Lipinski definition) is 3. The molecule has 2 N–H and O–H groups in total. The third-order valence-corrected chi connectivity index (χ3v) is 4.67. The molecule has 5 nitrogen and oxygen atoms in total. The van der Waals surface area contributed by atoms with E-state index < -0.39 is 0 Å². The summed E-state index contributed by atoms with van der Waals surface area (Å²) in [6.07, 6.45) is 1.08. The van der Waals surface area contributed by atoms with Crippen LogP contribution < -0.4 is 15.5 Å². The second-order valence-corrected chi connectivity index (χ2v) is 6.65. The summed E-state index contributed by atoms with van der Waals surface area (Å²) in [7, 11) is 1.79. The van der Waals surface area contributed by atoms with Crippen molar-refractivity contribution >= 4 is 35.6 Å². The quantitative estimate of drug-likeness (QED) is 0.404. The number of halogens is 1. The molecule has 0 aliphatic carbocycles. The maximum atomic E-state index is 9.00. The van der Waals surface area contributed by atoms with Crippen molar-refractivity contribution in [2.45, 2.75) is 25.9 Å². The molecule has 0 amide bonds. The number of anilines is 1. The Labute approximate surface area is 178 Å². The van der Waals surface area contributed by atoms with E-state index in [-0.39, 0.29) is 24.0 Å². The van der Waals surface area contributed by atoms with Gasteiger partial charge in [-0.05, 0) is 43.2 Å². The molecule has 0 radical (unpaired) electrons. The Morgan fingerprint density at radius 1 is 1.26 bits per heavy atom. The topological polar surface area (TPSA) is 63.5 Å². The zero-order chi connectivity index (χ0) is 18.4. The Balaban J connectivity index is 0.00000261. The number of nitrogens with one attached hydrogen (secondary N) is 2. The van der Waals surface area contributed by atoms with E-state index in [1.54, 1.807) is 7.05 Å². The van der Waals surface area contributed by atoms with Gasteiger partial charge in [0, 0.05) is 38.4 Å². The highest BCUT2D eigenvalue weighted by Crippen LogP contribution is 2.20. The maximum absolute atomic E-state index is 9.00. The van der Waals surface area contributed by atoms with Gasteiger partial charge in [-0.1, -0.05) is 29.8 Å². The molecule has 1 aliphatic rings. The van der Waals surface area contributed by atoms with E-state index in [1.165, 1.54) is 11.3 Å². The van der Waals surface area contributed by atoms with Crippen LogP contribution >= 0.6 is 24.0 Å². The molecule has 1 aliphatic heterocycles. The van der Waals surface area contributed by atoms with Crippen molar-refractivity contribution in [1.82, 2.24) is 10.6 Å². The van der Waals surface area contributed by atoms with Crippen LogP contribution in [0.15, 0.2) is 53.5 Å². The van der Waals surface area contributed by atoms with Crippen molar-refractivity contribution in [1.29, 1.82) is 5.26 Å². The number of rotatable bonds is 4. The predicted octanol–water partition coefficient (Wildman–Crippen LogP) is 3.43. The van der Waals surface area contributed by atoms with Crippen LogP contribution in [-0.2, 0) is 6.54 Å². The van der Waals surface area contributed by atoms with Gasteiger partial charge in [0.15, 0.2) is 5.96 Å². The number of aliphatic imine (C=N–C) groups is 1. The first-order valence-corrected chi connectivity index (χ1v) is 8.96. The summed E-state index contributed by atoms with van der Waals surface area (Å²) in [6, 6.07) is 18.9. The van der Waals surface area contributed by atoms with Crippen molar-refractivity contribution in [2.75, 3.05) is 25.0 Å². The molecule has 0 bridgehead atoms. The van der Waals surface area contributed by atoms with Crippen LogP contribution in [0.5, 0.6) is 0 Å². The predicted molar refractivity (Wildman–Crippen MR) is 122 cm³/mol. The van der Waals surface area contributed by atoms with Crippen molar-refractivity contribution in [3.05, 3.63) is 65.2 Å². The van der Waals surface area contributed by atoms with Crippen LogP contribution in [-0.4, -0.2) is 32.1 Å². The summed E-state index contributed by atoms with van der Waals surface area (Å²) in [6.45, 7) is 4.76. The third-order valence-electron chi connectivity index (χ3n) is 4.67. The van der Waals surface area contributed by atoms with Gasteiger partial charge < -0.3 is 15.5 Å². The Morgan fingerprint density at radius 3 is 2.74 bits per heavy atom. The van der Waals surface area contributed by atoms with Gasteiger partial charge in [-0.3, -0.25) is 4.99 Å². The molecule has 2 aromatic rings. The van der Waals surface area contributed by atoms with Gasteiger partial charge >= 0.3 is 0 Å². The molecule has 0 saturated carbocycles. The number of benzene rings is 2. The molecule has 0 aromatic heterocycles. The van der Waals surface area contributed by atoms with Crippen LogP contribution in [0.2, 0.25) is 0 Å². The molecular weight excluding hydrogens is 449 g/mol. The fraction of sp³-hybridized carbons (Fsp3) is 0.333. The summed E-state index contributed by atoms with van der Waals surface area (Å²) in [5.41, 5.74) is 4.31. The van der Waals surface area contributed by atoms with Crippen LogP contribution in [0.4, 0.5) is 5.69 Å². The van der Waals surface area contributed by atoms with E-state index in [0.29, 0.717) is 18.2 Å². The molecule has 6 heteroatoms. The lowest BCUT2D eigenvalue weighted by molar-refractivity contribution is 0.648. The minimum Gasteiger partial charge on any atom is -0.369 e. The highest BCUT2D eigenvalue weighted by molar-refractivity contribution is 14.0. The molecule has 27 heavy (non-hydrogen) atoms. The highest BCUT2D eigenvalue weighted by Gasteiger charge is 2.23. The molecule has 2 aromatic carbocycles. The van der Waals surface area contributed by atoms with Crippen LogP contribution in [0.3, 0.4) is 0 Å². The molecule has 1 fully saturated rings. The molecular formula is C21H26IN5. The van der Waals surface area contributed by atoms with E-state index in [9.17, 15) is 0 Å². The SMILES string of the molecule is CN=C(NCc1cccc(C#N)c1)NC1CCN(c2ccc(C)cc2)C1.I. The normalized spacial score (nSPS) is 16.4. The summed E-state index contributed by atoms with van der Waals surface area (Å²) >= 11 is 0. The lowest BCUT2D eigenvalue weighted by Gasteiger charge is -2.20. The first kappa shape index (κ1) is 21.0. The summed E-state index contributed by atoms with van der Waals surface area (Å²) < 4.78 is 0. The Kier molecular flexibility index (Phi) is 7.92. The minimum atomic E-state index is 0. The van der Waals surface area contributed by atoms with Gasteiger partial charge in [-0.25, -0.2) is 0 Å². The first-order valence-electron chi connectivity index (χ1n) is 8.96. The van der Waals surface area contributed by atoms with Gasteiger partial charge in [0.25, 0.3) is 0 Å². The molecule has 1 unspecified atom stereocenters. The average Bonchev–Trinajstić information content (AvgIpc) is 3.14.